The Labute approximate surface area is 175 Å². The molecule has 0 heterocycles. The van der Waals surface area contributed by atoms with Crippen LogP contribution in [0.25, 0.3) is 0 Å². The van der Waals surface area contributed by atoms with Crippen molar-refractivity contribution < 1.29 is 4.74 Å². The Morgan fingerprint density at radius 2 is 1.10 bits per heavy atom. The largest absolute Gasteiger partial charge is 0.496 e. The lowest BCUT2D eigenvalue weighted by atomic mass is 9.82. The lowest BCUT2D eigenvalue weighted by Crippen LogP contribution is -2.11. The third kappa shape index (κ3) is 4.40. The summed E-state index contributed by atoms with van der Waals surface area (Å²) in [6, 6.07) is 22.2. The topological polar surface area (TPSA) is 15.7 Å². The maximum atomic E-state index is 5.55. The Morgan fingerprint density at radius 3 is 1.48 bits per heavy atom. The zero-order chi connectivity index (χ0) is 21.1. The van der Waals surface area contributed by atoms with Gasteiger partial charge in [0.15, 0.2) is 0 Å². The number of ether oxygens (including phenoxy) is 1. The Kier molecular flexibility index (Phi) is 6.17. The average Bonchev–Trinajstić information content (AvgIpc) is 2.71. The van der Waals surface area contributed by atoms with Crippen LogP contribution in [0.3, 0.4) is 0 Å². The van der Waals surface area contributed by atoms with E-state index < -0.39 is 0 Å². The molecular weight excluding hydrogens is 356 g/mol. The summed E-state index contributed by atoms with van der Waals surface area (Å²) in [6.45, 7) is 4.29. The summed E-state index contributed by atoms with van der Waals surface area (Å²) in [4.78, 5) is 4.26. The molecule has 3 aromatic rings. The number of anilines is 2. The van der Waals surface area contributed by atoms with Gasteiger partial charge in [0.25, 0.3) is 0 Å². The van der Waals surface area contributed by atoms with Gasteiger partial charge < -0.3 is 14.5 Å². The van der Waals surface area contributed by atoms with Crippen LogP contribution in [0.2, 0.25) is 0 Å². The molecule has 152 valence electrons. The van der Waals surface area contributed by atoms with E-state index in [1.165, 1.54) is 33.6 Å². The van der Waals surface area contributed by atoms with Crippen LogP contribution in [0.15, 0.2) is 60.7 Å². The quantitative estimate of drug-likeness (QED) is 0.509. The summed E-state index contributed by atoms with van der Waals surface area (Å²) in [7, 11) is 10.0. The van der Waals surface area contributed by atoms with Crippen molar-refractivity contribution in [1.82, 2.24) is 0 Å². The lowest BCUT2D eigenvalue weighted by Gasteiger charge is -2.24. The predicted octanol–water partition coefficient (Wildman–Crippen LogP) is 5.62. The van der Waals surface area contributed by atoms with Crippen LogP contribution in [0.4, 0.5) is 11.4 Å². The average molecular weight is 389 g/mol. The van der Waals surface area contributed by atoms with E-state index in [0.717, 1.165) is 11.3 Å². The fourth-order valence-corrected chi connectivity index (χ4v) is 3.82. The van der Waals surface area contributed by atoms with Crippen LogP contribution >= 0.6 is 0 Å². The molecule has 0 spiro atoms. The van der Waals surface area contributed by atoms with Gasteiger partial charge in [-0.05, 0) is 72.0 Å². The molecule has 0 saturated carbocycles. The first-order chi connectivity index (χ1) is 13.8. The van der Waals surface area contributed by atoms with Crippen molar-refractivity contribution in [3.63, 3.8) is 0 Å². The van der Waals surface area contributed by atoms with Gasteiger partial charge in [-0.3, -0.25) is 0 Å². The Morgan fingerprint density at radius 1 is 0.655 bits per heavy atom. The molecule has 3 heteroatoms. The van der Waals surface area contributed by atoms with E-state index in [1.54, 1.807) is 7.11 Å². The highest BCUT2D eigenvalue weighted by Gasteiger charge is 2.20. The lowest BCUT2D eigenvalue weighted by molar-refractivity contribution is 0.411. The van der Waals surface area contributed by atoms with Gasteiger partial charge in [0.2, 0.25) is 0 Å². The molecule has 0 N–H and O–H groups in total. The zero-order valence-electron chi connectivity index (χ0n) is 18.7. The highest BCUT2D eigenvalue weighted by molar-refractivity contribution is 5.56. The summed E-state index contributed by atoms with van der Waals surface area (Å²) in [5.41, 5.74) is 8.72. The fourth-order valence-electron chi connectivity index (χ4n) is 3.82. The second-order valence-corrected chi connectivity index (χ2v) is 8.08. The second-order valence-electron chi connectivity index (χ2n) is 8.08. The minimum Gasteiger partial charge on any atom is -0.496 e. The molecule has 0 aliphatic rings. The standard InChI is InChI=1S/C26H32N2O/c1-18-17-25(29-7)19(2)16-24(18)26(20-8-12-22(13-9-20)27(3)4)21-10-14-23(15-11-21)28(5)6/h8-17,26H,1-7H3. The van der Waals surface area contributed by atoms with Crippen molar-refractivity contribution in [2.24, 2.45) is 0 Å². The molecule has 0 bridgehead atoms. The van der Waals surface area contributed by atoms with E-state index >= 15 is 0 Å². The zero-order valence-corrected chi connectivity index (χ0v) is 18.7. The van der Waals surface area contributed by atoms with Crippen molar-refractivity contribution in [2.45, 2.75) is 19.8 Å². The number of hydrogen-bond acceptors (Lipinski definition) is 3. The molecule has 0 saturated heterocycles. The SMILES string of the molecule is COc1cc(C)c(C(c2ccc(N(C)C)cc2)c2ccc(N(C)C)cc2)cc1C. The molecule has 3 aromatic carbocycles. The number of methoxy groups -OCH3 is 1. The molecule has 0 radical (unpaired) electrons. The number of aryl methyl sites for hydroxylation is 2. The molecule has 0 atom stereocenters. The first-order valence-corrected chi connectivity index (χ1v) is 10.0. The Hall–Kier alpha value is -2.94. The minimum atomic E-state index is 0.173. The first-order valence-electron chi connectivity index (χ1n) is 10.0. The summed E-state index contributed by atoms with van der Waals surface area (Å²) in [5.74, 6) is 1.11. The smallest absolute Gasteiger partial charge is 0.122 e. The number of hydrogen-bond donors (Lipinski definition) is 0. The molecule has 3 rings (SSSR count). The molecule has 0 aromatic heterocycles. The van der Waals surface area contributed by atoms with Crippen molar-refractivity contribution >= 4 is 11.4 Å². The van der Waals surface area contributed by atoms with E-state index in [2.05, 4.69) is 113 Å². The molecular formula is C26H32N2O. The normalized spacial score (nSPS) is 10.9. The maximum absolute atomic E-state index is 5.55. The third-order valence-corrected chi connectivity index (χ3v) is 5.58. The van der Waals surface area contributed by atoms with E-state index in [9.17, 15) is 0 Å². The van der Waals surface area contributed by atoms with E-state index in [-0.39, 0.29) is 5.92 Å². The van der Waals surface area contributed by atoms with E-state index in [0.29, 0.717) is 0 Å². The first kappa shape index (κ1) is 20.8. The van der Waals surface area contributed by atoms with Gasteiger partial charge >= 0.3 is 0 Å². The van der Waals surface area contributed by atoms with Gasteiger partial charge in [-0.1, -0.05) is 30.3 Å². The maximum Gasteiger partial charge on any atom is 0.122 e. The van der Waals surface area contributed by atoms with Crippen LogP contribution in [-0.4, -0.2) is 35.3 Å². The van der Waals surface area contributed by atoms with Crippen molar-refractivity contribution in [1.29, 1.82) is 0 Å². The van der Waals surface area contributed by atoms with Crippen LogP contribution < -0.4 is 14.5 Å². The monoisotopic (exact) mass is 388 g/mol. The van der Waals surface area contributed by atoms with Gasteiger partial charge in [0.1, 0.15) is 5.75 Å². The van der Waals surface area contributed by atoms with Crippen molar-refractivity contribution in [3.8, 4) is 5.75 Å². The second kappa shape index (κ2) is 8.60. The van der Waals surface area contributed by atoms with Gasteiger partial charge in [0, 0.05) is 45.5 Å². The molecule has 0 unspecified atom stereocenters. The van der Waals surface area contributed by atoms with E-state index in [1.807, 2.05) is 0 Å². The summed E-state index contributed by atoms with van der Waals surface area (Å²) >= 11 is 0. The van der Waals surface area contributed by atoms with Gasteiger partial charge in [-0.25, -0.2) is 0 Å². The number of rotatable bonds is 6. The minimum absolute atomic E-state index is 0.173. The summed E-state index contributed by atoms with van der Waals surface area (Å²) in [6.07, 6.45) is 0. The fraction of sp³-hybridized carbons (Fsp3) is 0.308. The van der Waals surface area contributed by atoms with Crippen molar-refractivity contribution in [2.75, 3.05) is 45.1 Å². The van der Waals surface area contributed by atoms with Crippen LogP contribution in [0.1, 0.15) is 33.7 Å². The molecule has 0 aliphatic heterocycles. The van der Waals surface area contributed by atoms with Gasteiger partial charge in [0.05, 0.1) is 7.11 Å². The number of nitrogens with zero attached hydrogens (tertiary/aromatic N) is 2. The molecule has 0 aliphatic carbocycles. The molecule has 0 amide bonds. The van der Waals surface area contributed by atoms with Crippen molar-refractivity contribution in [3.05, 3.63) is 88.5 Å². The number of benzene rings is 3. The third-order valence-electron chi connectivity index (χ3n) is 5.58. The highest BCUT2D eigenvalue weighted by Crippen LogP contribution is 2.37. The van der Waals surface area contributed by atoms with Gasteiger partial charge in [-0.15, -0.1) is 0 Å². The summed E-state index contributed by atoms with van der Waals surface area (Å²) in [5, 5.41) is 0. The molecule has 3 nitrogen and oxygen atoms in total. The van der Waals surface area contributed by atoms with Crippen LogP contribution in [0, 0.1) is 13.8 Å². The molecule has 29 heavy (non-hydrogen) atoms. The summed E-state index contributed by atoms with van der Waals surface area (Å²) < 4.78 is 5.55. The van der Waals surface area contributed by atoms with Crippen LogP contribution in [0.5, 0.6) is 5.75 Å². The Balaban J connectivity index is 2.15. The van der Waals surface area contributed by atoms with E-state index in [4.69, 9.17) is 4.74 Å². The van der Waals surface area contributed by atoms with Gasteiger partial charge in [-0.2, -0.15) is 0 Å². The highest BCUT2D eigenvalue weighted by atomic mass is 16.5. The predicted molar refractivity (Wildman–Crippen MR) is 125 cm³/mol. The Bertz CT molecular complexity index is 906. The van der Waals surface area contributed by atoms with Crippen LogP contribution in [-0.2, 0) is 0 Å². The molecule has 0 fully saturated rings.